The zero-order valence-corrected chi connectivity index (χ0v) is 30.0. The molecular formula is C37H38INO10S. The number of anilines is 1. The van der Waals surface area contributed by atoms with Gasteiger partial charge in [0.2, 0.25) is 5.91 Å². The monoisotopic (exact) mass is 815 g/mol. The van der Waals surface area contributed by atoms with Crippen molar-refractivity contribution in [3.05, 3.63) is 112 Å². The van der Waals surface area contributed by atoms with Crippen LogP contribution in [-0.4, -0.2) is 83.4 Å². The Morgan fingerprint density at radius 1 is 0.880 bits per heavy atom. The van der Waals surface area contributed by atoms with Gasteiger partial charge in [0.25, 0.3) is 0 Å². The fourth-order valence-electron chi connectivity index (χ4n) is 6.64. The van der Waals surface area contributed by atoms with Gasteiger partial charge in [-0.15, -0.1) is 0 Å². The van der Waals surface area contributed by atoms with E-state index in [4.69, 9.17) is 9.47 Å². The van der Waals surface area contributed by atoms with Gasteiger partial charge < -0.3 is 39.9 Å². The molecule has 0 aromatic heterocycles. The molecule has 50 heavy (non-hydrogen) atoms. The molecule has 0 radical (unpaired) electrons. The zero-order valence-electron chi connectivity index (χ0n) is 27.0. The van der Waals surface area contributed by atoms with Gasteiger partial charge in [-0.25, -0.2) is 8.42 Å². The lowest BCUT2D eigenvalue weighted by Gasteiger charge is -2.48. The number of aliphatic hydroxyl groups is 4. The second-order valence-electron chi connectivity index (χ2n) is 12.6. The van der Waals surface area contributed by atoms with Crippen molar-refractivity contribution in [2.75, 3.05) is 17.8 Å². The van der Waals surface area contributed by atoms with Crippen molar-refractivity contribution < 1.29 is 48.2 Å². The molecule has 2 heterocycles. The maximum atomic E-state index is 13.5. The van der Waals surface area contributed by atoms with E-state index in [1.165, 1.54) is 19.2 Å². The minimum absolute atomic E-state index is 0.0299. The third kappa shape index (κ3) is 7.32. The lowest BCUT2D eigenvalue weighted by atomic mass is 9.77. The summed E-state index contributed by atoms with van der Waals surface area (Å²) in [5.41, 5.74) is 3.27. The van der Waals surface area contributed by atoms with Crippen LogP contribution in [0.1, 0.15) is 36.1 Å². The zero-order chi connectivity index (χ0) is 35.7. The molecule has 4 aromatic carbocycles. The second-order valence-corrected chi connectivity index (χ2v) is 15.8. The number of hydrogen-bond donors (Lipinski definition) is 5. The number of aromatic hydroxyl groups is 1. The van der Waals surface area contributed by atoms with Crippen molar-refractivity contribution in [2.24, 2.45) is 5.92 Å². The van der Waals surface area contributed by atoms with Crippen LogP contribution in [0.25, 0.3) is 11.1 Å². The molecule has 11 nitrogen and oxygen atoms in total. The van der Waals surface area contributed by atoms with E-state index >= 15 is 0 Å². The minimum Gasteiger partial charge on any atom is -0.508 e. The number of carbonyl (C=O) groups excluding carboxylic acids is 1. The number of phenols is 1. The van der Waals surface area contributed by atoms with Crippen molar-refractivity contribution in [3.8, 4) is 16.9 Å². The Morgan fingerprint density at radius 2 is 1.54 bits per heavy atom. The number of amides is 1. The largest absolute Gasteiger partial charge is 0.508 e. The van der Waals surface area contributed by atoms with Gasteiger partial charge in [0.1, 0.15) is 30.2 Å². The van der Waals surface area contributed by atoms with Crippen LogP contribution in [0.4, 0.5) is 5.69 Å². The van der Waals surface area contributed by atoms with Gasteiger partial charge >= 0.3 is 0 Å². The first kappa shape index (κ1) is 36.4. The Bertz CT molecular complexity index is 1910. The Balaban J connectivity index is 1.20. The summed E-state index contributed by atoms with van der Waals surface area (Å²) in [6.07, 6.45) is -7.43. The van der Waals surface area contributed by atoms with Crippen LogP contribution in [-0.2, 0) is 24.1 Å². The van der Waals surface area contributed by atoms with Gasteiger partial charge in [0.15, 0.2) is 16.1 Å². The lowest BCUT2D eigenvalue weighted by Crippen LogP contribution is -2.59. The molecule has 0 spiro atoms. The number of β-lactam (4-membered cyclic amide) rings is 1. The molecule has 2 aliphatic heterocycles. The van der Waals surface area contributed by atoms with E-state index in [1.807, 2.05) is 54.6 Å². The molecule has 4 aromatic rings. The number of sulfone groups is 1. The molecular weight excluding hydrogens is 777 g/mol. The maximum absolute atomic E-state index is 13.5. The third-order valence-electron chi connectivity index (χ3n) is 9.43. The van der Waals surface area contributed by atoms with E-state index in [0.29, 0.717) is 35.2 Å². The number of phenolic OH excluding ortho intramolecular Hbond substituents is 1. The highest BCUT2D eigenvalue weighted by atomic mass is 127. The summed E-state index contributed by atoms with van der Waals surface area (Å²) in [6.45, 7) is 0. The average molecular weight is 816 g/mol. The van der Waals surface area contributed by atoms with Crippen LogP contribution >= 0.6 is 22.6 Å². The Kier molecular flexibility index (Phi) is 11.0. The molecule has 1 amide bonds. The maximum Gasteiger partial charge on any atom is 0.233 e. The average Bonchev–Trinajstić information content (AvgIpc) is 3.11. The minimum atomic E-state index is -4.00. The summed E-state index contributed by atoms with van der Waals surface area (Å²) >= 11 is 2.20. The van der Waals surface area contributed by atoms with E-state index in [0.717, 1.165) is 9.13 Å². The van der Waals surface area contributed by atoms with Crippen molar-refractivity contribution in [3.63, 3.8) is 0 Å². The highest BCUT2D eigenvalue weighted by Gasteiger charge is 2.49. The van der Waals surface area contributed by atoms with Gasteiger partial charge in [0, 0.05) is 21.9 Å². The smallest absolute Gasteiger partial charge is 0.233 e. The van der Waals surface area contributed by atoms with Gasteiger partial charge in [-0.05, 0) is 94.6 Å². The molecule has 2 saturated heterocycles. The van der Waals surface area contributed by atoms with Crippen LogP contribution < -0.4 is 4.90 Å². The number of nitrogens with zero attached hydrogens (tertiary/aromatic N) is 1. The standard InChI is InChI=1S/C37H38INO10S/c1-48-37-35(44)34(43)33(42)31(49-37)20-50(46,47)26-14-9-21(10-15-26)23-11-16-27(30(41)19-23)32-28(36(45)39(32)25-5-3-2-4-6-25)17-18-29(40)22-7-12-24(38)13-8-22/h2-16,19,28-29,31-35,37,40-44H,17-18,20H2,1H3. The number of benzene rings is 4. The van der Waals surface area contributed by atoms with Crippen LogP contribution in [0.15, 0.2) is 102 Å². The van der Waals surface area contributed by atoms with Crippen LogP contribution in [0.5, 0.6) is 5.75 Å². The van der Waals surface area contributed by atoms with Gasteiger partial charge in [0.05, 0.1) is 28.7 Å². The molecule has 2 aliphatic rings. The van der Waals surface area contributed by atoms with Gasteiger partial charge in [-0.1, -0.05) is 54.6 Å². The first-order valence-electron chi connectivity index (χ1n) is 16.1. The molecule has 5 N–H and O–H groups in total. The molecule has 0 aliphatic carbocycles. The van der Waals surface area contributed by atoms with Gasteiger partial charge in [-0.2, -0.15) is 0 Å². The molecule has 2 fully saturated rings. The SMILES string of the molecule is COC1OC(CS(=O)(=O)c2ccc(-c3ccc(C4C(CCC(O)c5ccc(I)cc5)C(=O)N4c4ccccc4)c(O)c3)cc2)C(O)C(O)C1O. The lowest BCUT2D eigenvalue weighted by molar-refractivity contribution is -0.285. The molecule has 8 atom stereocenters. The van der Waals surface area contributed by atoms with E-state index < -0.39 is 64.4 Å². The highest BCUT2D eigenvalue weighted by molar-refractivity contribution is 14.1. The second kappa shape index (κ2) is 15.1. The summed E-state index contributed by atoms with van der Waals surface area (Å²) in [5, 5.41) is 52.7. The number of aliphatic hydroxyl groups excluding tert-OH is 4. The number of hydrogen-bond acceptors (Lipinski definition) is 10. The predicted molar refractivity (Wildman–Crippen MR) is 193 cm³/mol. The summed E-state index contributed by atoms with van der Waals surface area (Å²) in [7, 11) is -2.77. The summed E-state index contributed by atoms with van der Waals surface area (Å²) in [4.78, 5) is 15.1. The Labute approximate surface area is 303 Å². The Hall–Kier alpha value is -3.41. The number of rotatable bonds is 11. The van der Waals surface area contributed by atoms with E-state index in [9.17, 15) is 38.7 Å². The quantitative estimate of drug-likeness (QED) is 0.110. The van der Waals surface area contributed by atoms with Crippen LogP contribution in [0.3, 0.4) is 0 Å². The van der Waals surface area contributed by atoms with Crippen molar-refractivity contribution in [1.82, 2.24) is 0 Å². The Morgan fingerprint density at radius 3 is 2.18 bits per heavy atom. The summed E-state index contributed by atoms with van der Waals surface area (Å²) in [5.74, 6) is -1.25. The molecule has 8 unspecified atom stereocenters. The molecule has 6 rings (SSSR count). The normalized spacial score (nSPS) is 26.0. The fourth-order valence-corrected chi connectivity index (χ4v) is 8.45. The van der Waals surface area contributed by atoms with Crippen molar-refractivity contribution in [1.29, 1.82) is 0 Å². The number of para-hydroxylation sites is 1. The van der Waals surface area contributed by atoms with Crippen LogP contribution in [0.2, 0.25) is 0 Å². The van der Waals surface area contributed by atoms with Crippen LogP contribution in [0, 0.1) is 9.49 Å². The van der Waals surface area contributed by atoms with Crippen molar-refractivity contribution in [2.45, 2.75) is 60.6 Å². The first-order chi connectivity index (χ1) is 23.9. The molecule has 264 valence electrons. The van der Waals surface area contributed by atoms with Gasteiger partial charge in [-0.3, -0.25) is 4.79 Å². The molecule has 0 bridgehead atoms. The predicted octanol–water partition coefficient (Wildman–Crippen LogP) is 4.11. The fraction of sp³-hybridized carbons (Fsp3) is 0.324. The summed E-state index contributed by atoms with van der Waals surface area (Å²) in [6, 6.07) is 27.5. The molecule has 0 saturated carbocycles. The number of ether oxygens (including phenoxy) is 2. The number of carbonyl (C=O) groups is 1. The van der Waals surface area contributed by atoms with E-state index in [2.05, 4.69) is 22.6 Å². The molecule has 13 heteroatoms. The van der Waals surface area contributed by atoms with E-state index in [-0.39, 0.29) is 16.6 Å². The number of halogens is 1. The third-order valence-corrected chi connectivity index (χ3v) is 11.9. The van der Waals surface area contributed by atoms with E-state index in [1.54, 1.807) is 35.2 Å². The summed E-state index contributed by atoms with van der Waals surface area (Å²) < 4.78 is 37.9. The number of methoxy groups -OCH3 is 1. The first-order valence-corrected chi connectivity index (χ1v) is 18.8. The highest BCUT2D eigenvalue weighted by Crippen LogP contribution is 2.49. The topological polar surface area (TPSA) is 174 Å². The van der Waals surface area contributed by atoms with Crippen molar-refractivity contribution >= 4 is 44.0 Å².